The standard InChI is InChI=1S/C34H65NO4.C2H6/c1-4-7-10-13-14-17-23-31-38-33(36)27-21-18-22-29-35-30-24-28-34(37)39-32(25-19-15-11-8-5-2)26-20-16-12-9-6-3;1-2/h17,23,32,35H,4-16,18-22,24-31H2,1-3H3;1-2H3/b23-17-;. The highest BCUT2D eigenvalue weighted by atomic mass is 16.5. The summed E-state index contributed by atoms with van der Waals surface area (Å²) in [5.74, 6) is -0.133. The molecule has 0 aliphatic rings. The molecule has 0 heterocycles. The fourth-order valence-corrected chi connectivity index (χ4v) is 4.73. The lowest BCUT2D eigenvalue weighted by atomic mass is 10.0. The highest BCUT2D eigenvalue weighted by Gasteiger charge is 2.14. The molecule has 244 valence electrons. The van der Waals surface area contributed by atoms with Crippen molar-refractivity contribution < 1.29 is 19.1 Å². The average Bonchev–Trinajstić information content (AvgIpc) is 2.98. The Labute approximate surface area is 256 Å². The van der Waals surface area contributed by atoms with Crippen LogP contribution >= 0.6 is 0 Å². The third-order valence-electron chi connectivity index (χ3n) is 7.26. The zero-order valence-corrected chi connectivity index (χ0v) is 28.2. The van der Waals surface area contributed by atoms with Crippen molar-refractivity contribution in [3.8, 4) is 0 Å². The molecule has 1 N–H and O–H groups in total. The van der Waals surface area contributed by atoms with Crippen LogP contribution in [0.3, 0.4) is 0 Å². The van der Waals surface area contributed by atoms with Crippen LogP contribution in [0.2, 0.25) is 0 Å². The summed E-state index contributed by atoms with van der Waals surface area (Å²) in [6.45, 7) is 12.9. The number of hydrogen-bond donors (Lipinski definition) is 1. The quantitative estimate of drug-likeness (QED) is 0.0519. The lowest BCUT2D eigenvalue weighted by Gasteiger charge is -2.18. The van der Waals surface area contributed by atoms with E-state index in [4.69, 9.17) is 9.47 Å². The van der Waals surface area contributed by atoms with Gasteiger partial charge in [-0.2, -0.15) is 0 Å². The largest absolute Gasteiger partial charge is 0.462 e. The van der Waals surface area contributed by atoms with Gasteiger partial charge in [-0.25, -0.2) is 0 Å². The number of esters is 2. The fourth-order valence-electron chi connectivity index (χ4n) is 4.73. The summed E-state index contributed by atoms with van der Waals surface area (Å²) in [5.41, 5.74) is 0. The maximum Gasteiger partial charge on any atom is 0.306 e. The van der Waals surface area contributed by atoms with Gasteiger partial charge < -0.3 is 14.8 Å². The zero-order chi connectivity index (χ0) is 30.7. The maximum absolute atomic E-state index is 12.4. The van der Waals surface area contributed by atoms with Gasteiger partial charge in [0.05, 0.1) is 0 Å². The van der Waals surface area contributed by atoms with Crippen LogP contribution in [0.1, 0.15) is 182 Å². The van der Waals surface area contributed by atoms with Crippen LogP contribution in [0, 0.1) is 0 Å². The van der Waals surface area contributed by atoms with E-state index in [0.29, 0.717) is 19.4 Å². The summed E-state index contributed by atoms with van der Waals surface area (Å²) in [6, 6.07) is 0. The molecule has 0 atom stereocenters. The molecule has 5 heteroatoms. The van der Waals surface area contributed by atoms with Crippen molar-refractivity contribution in [1.29, 1.82) is 0 Å². The number of carbonyl (C=O) groups is 2. The number of allylic oxidation sites excluding steroid dienone is 1. The van der Waals surface area contributed by atoms with Crippen LogP contribution in [0.5, 0.6) is 0 Å². The Kier molecular flexibility index (Phi) is 37.4. The summed E-state index contributed by atoms with van der Waals surface area (Å²) >= 11 is 0. The first-order valence-corrected chi connectivity index (χ1v) is 17.8. The minimum atomic E-state index is -0.0997. The van der Waals surface area contributed by atoms with Crippen molar-refractivity contribution >= 4 is 11.9 Å². The number of hydrogen-bond acceptors (Lipinski definition) is 5. The molecule has 0 radical (unpaired) electrons. The molecule has 0 bridgehead atoms. The van der Waals surface area contributed by atoms with Gasteiger partial charge in [0.2, 0.25) is 0 Å². The smallest absolute Gasteiger partial charge is 0.306 e. The Morgan fingerprint density at radius 3 is 1.71 bits per heavy atom. The van der Waals surface area contributed by atoms with Crippen LogP contribution in [0.25, 0.3) is 0 Å². The summed E-state index contributed by atoms with van der Waals surface area (Å²) in [7, 11) is 0. The zero-order valence-electron chi connectivity index (χ0n) is 28.2. The lowest BCUT2D eigenvalue weighted by molar-refractivity contribution is -0.150. The summed E-state index contributed by atoms with van der Waals surface area (Å²) in [5, 5.41) is 3.42. The van der Waals surface area contributed by atoms with E-state index in [2.05, 4.69) is 32.2 Å². The van der Waals surface area contributed by atoms with E-state index in [1.54, 1.807) is 0 Å². The van der Waals surface area contributed by atoms with Crippen molar-refractivity contribution in [2.24, 2.45) is 0 Å². The van der Waals surface area contributed by atoms with Crippen LogP contribution < -0.4 is 5.32 Å². The molecule has 0 rings (SSSR count). The molecule has 0 saturated carbocycles. The van der Waals surface area contributed by atoms with Crippen LogP contribution in [0.4, 0.5) is 0 Å². The third-order valence-corrected chi connectivity index (χ3v) is 7.26. The van der Waals surface area contributed by atoms with Gasteiger partial charge in [0.15, 0.2) is 0 Å². The van der Waals surface area contributed by atoms with E-state index in [1.165, 1.54) is 89.9 Å². The van der Waals surface area contributed by atoms with Crippen molar-refractivity contribution in [1.82, 2.24) is 5.32 Å². The molecule has 0 spiro atoms. The third kappa shape index (κ3) is 34.7. The van der Waals surface area contributed by atoms with E-state index in [1.807, 2.05) is 19.9 Å². The van der Waals surface area contributed by atoms with Gasteiger partial charge in [0, 0.05) is 12.8 Å². The molecule has 0 aromatic heterocycles. The molecule has 0 unspecified atom stereocenters. The molecular weight excluding hydrogens is 510 g/mol. The fraction of sp³-hybridized carbons (Fsp3) is 0.889. The van der Waals surface area contributed by atoms with E-state index in [9.17, 15) is 9.59 Å². The van der Waals surface area contributed by atoms with Crippen LogP contribution in [-0.2, 0) is 19.1 Å². The number of rotatable bonds is 30. The first-order valence-electron chi connectivity index (χ1n) is 17.8. The second-order valence-corrected chi connectivity index (χ2v) is 11.2. The first kappa shape index (κ1) is 41.8. The Morgan fingerprint density at radius 1 is 0.585 bits per heavy atom. The summed E-state index contributed by atoms with van der Waals surface area (Å²) in [6.07, 6.45) is 29.6. The molecule has 5 nitrogen and oxygen atoms in total. The van der Waals surface area contributed by atoms with E-state index in [0.717, 1.165) is 58.0 Å². The number of ether oxygens (including phenoxy) is 2. The van der Waals surface area contributed by atoms with Gasteiger partial charge in [-0.3, -0.25) is 9.59 Å². The van der Waals surface area contributed by atoms with E-state index >= 15 is 0 Å². The maximum atomic E-state index is 12.4. The molecule has 41 heavy (non-hydrogen) atoms. The number of unbranched alkanes of at least 4 members (excludes halogenated alkanes) is 14. The van der Waals surface area contributed by atoms with Gasteiger partial charge in [-0.1, -0.05) is 124 Å². The molecule has 0 aromatic rings. The SMILES string of the molecule is CC.CCCCCC/C=C\COC(=O)CCCCCNCCCC(=O)OC(CCCCCCC)CCCCCCC. The second-order valence-electron chi connectivity index (χ2n) is 11.2. The summed E-state index contributed by atoms with van der Waals surface area (Å²) in [4.78, 5) is 24.2. The number of nitrogens with one attached hydrogen (secondary N) is 1. The van der Waals surface area contributed by atoms with Gasteiger partial charge in [0.1, 0.15) is 12.7 Å². The molecule has 0 aliphatic heterocycles. The monoisotopic (exact) mass is 582 g/mol. The molecule has 0 fully saturated rings. The minimum Gasteiger partial charge on any atom is -0.462 e. The molecule has 0 aromatic carbocycles. The van der Waals surface area contributed by atoms with Gasteiger partial charge in [0.25, 0.3) is 0 Å². The second kappa shape index (κ2) is 36.7. The molecule has 0 aliphatic carbocycles. The van der Waals surface area contributed by atoms with Crippen LogP contribution in [0.15, 0.2) is 12.2 Å². The van der Waals surface area contributed by atoms with E-state index < -0.39 is 0 Å². The molecule has 0 saturated heterocycles. The number of carbonyl (C=O) groups excluding carboxylic acids is 2. The Bertz CT molecular complexity index is 550. The molecule has 0 amide bonds. The van der Waals surface area contributed by atoms with Crippen molar-refractivity contribution in [3.63, 3.8) is 0 Å². The highest BCUT2D eigenvalue weighted by Crippen LogP contribution is 2.17. The van der Waals surface area contributed by atoms with Gasteiger partial charge >= 0.3 is 11.9 Å². The predicted octanol–water partition coefficient (Wildman–Crippen LogP) is 10.6. The first-order chi connectivity index (χ1) is 20.1. The molecular formula is C36H71NO4. The lowest BCUT2D eigenvalue weighted by Crippen LogP contribution is -2.21. The Morgan fingerprint density at radius 2 is 1.10 bits per heavy atom. The highest BCUT2D eigenvalue weighted by molar-refractivity contribution is 5.69. The predicted molar refractivity (Wildman–Crippen MR) is 177 cm³/mol. The van der Waals surface area contributed by atoms with E-state index in [-0.39, 0.29) is 18.0 Å². The van der Waals surface area contributed by atoms with Crippen LogP contribution in [-0.4, -0.2) is 37.7 Å². The van der Waals surface area contributed by atoms with Crippen molar-refractivity contribution in [2.45, 2.75) is 188 Å². The normalized spacial score (nSPS) is 11.1. The topological polar surface area (TPSA) is 64.6 Å². The summed E-state index contributed by atoms with van der Waals surface area (Å²) < 4.78 is 11.2. The van der Waals surface area contributed by atoms with Gasteiger partial charge in [-0.15, -0.1) is 0 Å². The van der Waals surface area contributed by atoms with Crippen molar-refractivity contribution in [3.05, 3.63) is 12.2 Å². The van der Waals surface area contributed by atoms with Crippen molar-refractivity contribution in [2.75, 3.05) is 19.7 Å². The Balaban J connectivity index is 0. The van der Waals surface area contributed by atoms with Gasteiger partial charge in [-0.05, 0) is 70.9 Å². The Hall–Kier alpha value is -1.36. The average molecular weight is 582 g/mol. The minimum absolute atomic E-state index is 0.0335.